The largest absolute Gasteiger partial charge is 0.497 e. The number of nitrogens with zero attached hydrogens (tertiary/aromatic N) is 2. The molecule has 0 aliphatic carbocycles. The van der Waals surface area contributed by atoms with Crippen molar-refractivity contribution in [2.24, 2.45) is 0 Å². The second-order valence-electron chi connectivity index (χ2n) is 6.21. The summed E-state index contributed by atoms with van der Waals surface area (Å²) in [6, 6.07) is 11.6. The highest BCUT2D eigenvalue weighted by Gasteiger charge is 2.28. The van der Waals surface area contributed by atoms with Crippen LogP contribution in [0.25, 0.3) is 0 Å². The Labute approximate surface area is 174 Å². The Kier molecular flexibility index (Phi) is 6.83. The molecule has 0 atom stereocenters. The zero-order chi connectivity index (χ0) is 20.9. The van der Waals surface area contributed by atoms with Crippen molar-refractivity contribution >= 4 is 33.8 Å². The zero-order valence-electron chi connectivity index (χ0n) is 15.8. The van der Waals surface area contributed by atoms with Crippen LogP contribution in [0.2, 0.25) is 5.02 Å². The van der Waals surface area contributed by atoms with E-state index in [1.54, 1.807) is 36.4 Å². The van der Waals surface area contributed by atoms with Gasteiger partial charge in [0, 0.05) is 37.9 Å². The van der Waals surface area contributed by atoms with E-state index in [0.717, 1.165) is 5.69 Å². The van der Waals surface area contributed by atoms with Crippen molar-refractivity contribution in [3.8, 4) is 11.5 Å². The van der Waals surface area contributed by atoms with Crippen molar-refractivity contribution in [3.05, 3.63) is 47.5 Å². The number of piperazine rings is 1. The lowest BCUT2D eigenvalue weighted by atomic mass is 10.2. The van der Waals surface area contributed by atoms with Gasteiger partial charge >= 0.3 is 0 Å². The molecule has 0 N–H and O–H groups in total. The lowest BCUT2D eigenvalue weighted by Gasteiger charge is -2.35. The van der Waals surface area contributed by atoms with Gasteiger partial charge in [-0.25, -0.2) is 8.42 Å². The van der Waals surface area contributed by atoms with E-state index >= 15 is 0 Å². The third-order valence-corrected chi connectivity index (χ3v) is 6.79. The van der Waals surface area contributed by atoms with Gasteiger partial charge < -0.3 is 19.1 Å². The maximum atomic E-state index is 12.9. The molecule has 0 bridgehead atoms. The Morgan fingerprint density at radius 3 is 2.38 bits per heavy atom. The van der Waals surface area contributed by atoms with Gasteiger partial charge in [0.2, 0.25) is 16.8 Å². The number of methoxy groups -OCH3 is 1. The maximum absolute atomic E-state index is 12.9. The number of sulfonamides is 1. The second-order valence-corrected chi connectivity index (χ2v) is 8.55. The lowest BCUT2D eigenvalue weighted by molar-refractivity contribution is -0.134. The van der Waals surface area contributed by atoms with Crippen LogP contribution in [-0.4, -0.2) is 59.3 Å². The molecule has 1 aliphatic rings. The molecule has 0 radical (unpaired) electrons. The SMILES string of the molecule is COc1ccc(S(=O)(=O)N2CCN(c3ccc(Cl)c(OCOC=O)c3)CC2)cc1. The number of carbonyl (C=O) groups excluding carboxylic acids is 1. The predicted molar refractivity (Wildman–Crippen MR) is 108 cm³/mol. The molecule has 8 nitrogen and oxygen atoms in total. The molecule has 1 saturated heterocycles. The number of hydrogen-bond donors (Lipinski definition) is 0. The number of anilines is 1. The Bertz CT molecular complexity index is 944. The summed E-state index contributed by atoms with van der Waals surface area (Å²) in [5, 5.41) is 0.393. The highest BCUT2D eigenvalue weighted by molar-refractivity contribution is 7.89. The van der Waals surface area contributed by atoms with Crippen LogP contribution in [0.15, 0.2) is 47.4 Å². The fraction of sp³-hybridized carbons (Fsp3) is 0.316. The Hall–Kier alpha value is -2.49. The molecule has 0 amide bonds. The Balaban J connectivity index is 1.66. The molecule has 1 heterocycles. The first-order valence-corrected chi connectivity index (χ1v) is 10.6. The van der Waals surface area contributed by atoms with E-state index in [-0.39, 0.29) is 11.7 Å². The van der Waals surface area contributed by atoms with Gasteiger partial charge in [-0.2, -0.15) is 4.31 Å². The van der Waals surface area contributed by atoms with Gasteiger partial charge in [0.15, 0.2) is 0 Å². The molecule has 3 rings (SSSR count). The molecular weight excluding hydrogens is 420 g/mol. The van der Waals surface area contributed by atoms with Gasteiger partial charge in [-0.3, -0.25) is 4.79 Å². The molecule has 1 fully saturated rings. The highest BCUT2D eigenvalue weighted by Crippen LogP contribution is 2.31. The van der Waals surface area contributed by atoms with Crippen LogP contribution >= 0.6 is 11.6 Å². The molecule has 156 valence electrons. The van der Waals surface area contributed by atoms with E-state index in [1.165, 1.54) is 11.4 Å². The lowest BCUT2D eigenvalue weighted by Crippen LogP contribution is -2.48. The van der Waals surface area contributed by atoms with Crippen molar-refractivity contribution in [2.45, 2.75) is 4.90 Å². The van der Waals surface area contributed by atoms with E-state index in [1.807, 2.05) is 11.0 Å². The molecule has 2 aromatic rings. The van der Waals surface area contributed by atoms with Crippen LogP contribution in [0.1, 0.15) is 0 Å². The smallest absolute Gasteiger partial charge is 0.295 e. The van der Waals surface area contributed by atoms with Crippen LogP contribution < -0.4 is 14.4 Å². The van der Waals surface area contributed by atoms with Crippen molar-refractivity contribution in [1.82, 2.24) is 4.31 Å². The number of benzene rings is 2. The van der Waals surface area contributed by atoms with Gasteiger partial charge in [-0.05, 0) is 36.4 Å². The monoisotopic (exact) mass is 440 g/mol. The van der Waals surface area contributed by atoms with E-state index in [9.17, 15) is 13.2 Å². The number of hydrogen-bond acceptors (Lipinski definition) is 7. The van der Waals surface area contributed by atoms with Gasteiger partial charge in [-0.15, -0.1) is 0 Å². The van der Waals surface area contributed by atoms with E-state index < -0.39 is 10.0 Å². The highest BCUT2D eigenvalue weighted by atomic mass is 35.5. The first kappa shape index (κ1) is 21.2. The molecule has 29 heavy (non-hydrogen) atoms. The molecule has 0 spiro atoms. The maximum Gasteiger partial charge on any atom is 0.295 e. The molecule has 10 heteroatoms. The molecule has 0 unspecified atom stereocenters. The van der Waals surface area contributed by atoms with Crippen molar-refractivity contribution in [1.29, 1.82) is 0 Å². The topological polar surface area (TPSA) is 85.4 Å². The minimum Gasteiger partial charge on any atom is -0.497 e. The second kappa shape index (κ2) is 9.34. The summed E-state index contributed by atoms with van der Waals surface area (Å²) in [4.78, 5) is 12.5. The first-order chi connectivity index (χ1) is 14.0. The van der Waals surface area contributed by atoms with Crippen LogP contribution in [0.4, 0.5) is 5.69 Å². The normalized spacial score (nSPS) is 15.0. The van der Waals surface area contributed by atoms with Gasteiger partial charge in [0.1, 0.15) is 11.5 Å². The van der Waals surface area contributed by atoms with Gasteiger partial charge in [0.25, 0.3) is 6.47 Å². The summed E-state index contributed by atoms with van der Waals surface area (Å²) in [6.07, 6.45) is 0. The van der Waals surface area contributed by atoms with Gasteiger partial charge in [-0.1, -0.05) is 11.6 Å². The van der Waals surface area contributed by atoms with Gasteiger partial charge in [0.05, 0.1) is 17.0 Å². The first-order valence-electron chi connectivity index (χ1n) is 8.82. The molecule has 0 aromatic heterocycles. The molecule has 1 aliphatic heterocycles. The third kappa shape index (κ3) is 4.92. The number of ether oxygens (including phenoxy) is 3. The minimum absolute atomic E-state index is 0.236. The summed E-state index contributed by atoms with van der Waals surface area (Å²) in [5.74, 6) is 0.993. The summed E-state index contributed by atoms with van der Waals surface area (Å²) in [6.45, 7) is 1.78. The van der Waals surface area contributed by atoms with Crippen LogP contribution in [0, 0.1) is 0 Å². The molecule has 2 aromatic carbocycles. The molecule has 0 saturated carbocycles. The number of carbonyl (C=O) groups is 1. The quantitative estimate of drug-likeness (QED) is 0.354. The summed E-state index contributed by atoms with van der Waals surface area (Å²) in [5.41, 5.74) is 0.844. The molecular formula is C19H21ClN2O6S. The van der Waals surface area contributed by atoms with Crippen molar-refractivity contribution in [3.63, 3.8) is 0 Å². The van der Waals surface area contributed by atoms with E-state index in [0.29, 0.717) is 49.2 Å². The summed E-state index contributed by atoms with van der Waals surface area (Å²) < 4.78 is 42.1. The fourth-order valence-electron chi connectivity index (χ4n) is 3.01. The Morgan fingerprint density at radius 2 is 1.76 bits per heavy atom. The number of halogens is 1. The average Bonchev–Trinajstić information content (AvgIpc) is 2.75. The average molecular weight is 441 g/mol. The minimum atomic E-state index is -3.57. The van der Waals surface area contributed by atoms with Crippen molar-refractivity contribution < 1.29 is 27.4 Å². The summed E-state index contributed by atoms with van der Waals surface area (Å²) in [7, 11) is -2.03. The van der Waals surface area contributed by atoms with Crippen LogP contribution in [0.5, 0.6) is 11.5 Å². The van der Waals surface area contributed by atoms with E-state index in [2.05, 4.69) is 4.74 Å². The Morgan fingerprint density at radius 1 is 1.07 bits per heavy atom. The van der Waals surface area contributed by atoms with Crippen LogP contribution in [0.3, 0.4) is 0 Å². The number of rotatable bonds is 8. The third-order valence-electron chi connectivity index (χ3n) is 4.57. The summed E-state index contributed by atoms with van der Waals surface area (Å²) >= 11 is 6.10. The van der Waals surface area contributed by atoms with Crippen LogP contribution in [-0.2, 0) is 19.6 Å². The van der Waals surface area contributed by atoms with Crippen molar-refractivity contribution in [2.75, 3.05) is 45.0 Å². The fourth-order valence-corrected chi connectivity index (χ4v) is 4.60. The standard InChI is InChI=1S/C19H21ClN2O6S/c1-26-16-3-5-17(6-4-16)29(24,25)22-10-8-21(9-11-22)15-2-7-18(20)19(12-15)28-14-27-13-23/h2-7,12-13H,8-11,14H2,1H3. The predicted octanol–water partition coefficient (Wildman–Crippen LogP) is 2.37. The van der Waals surface area contributed by atoms with E-state index in [4.69, 9.17) is 21.1 Å². The zero-order valence-corrected chi connectivity index (χ0v) is 17.4.